The molecule has 0 radical (unpaired) electrons. The molecular weight excluding hydrogens is 280 g/mol. The van der Waals surface area contributed by atoms with Crippen LogP contribution in [0.4, 0.5) is 5.69 Å². The third-order valence-electron chi connectivity index (χ3n) is 2.73. The van der Waals surface area contributed by atoms with Crippen LogP contribution in [0.25, 0.3) is 0 Å². The highest BCUT2D eigenvalue weighted by Crippen LogP contribution is 2.24. The van der Waals surface area contributed by atoms with Crippen LogP contribution < -0.4 is 15.2 Å². The lowest BCUT2D eigenvalue weighted by molar-refractivity contribution is 0.416. The Labute approximate surface area is 117 Å². The van der Waals surface area contributed by atoms with Crippen LogP contribution in [0, 0.1) is 0 Å². The van der Waals surface area contributed by atoms with Gasteiger partial charge in [0, 0.05) is 25.5 Å². The van der Waals surface area contributed by atoms with E-state index in [2.05, 4.69) is 9.71 Å². The van der Waals surface area contributed by atoms with Crippen LogP contribution >= 0.6 is 0 Å². The van der Waals surface area contributed by atoms with Crippen molar-refractivity contribution in [1.82, 2.24) is 14.3 Å². The molecular formula is C12H16N4O3S. The third-order valence-corrected chi connectivity index (χ3v) is 4.19. The maximum atomic E-state index is 12.1. The maximum absolute atomic E-state index is 12.1. The number of nitrogen functional groups attached to an aromatic ring is 1. The van der Waals surface area contributed by atoms with Crippen LogP contribution in [0.5, 0.6) is 5.75 Å². The third kappa shape index (κ3) is 3.28. The quantitative estimate of drug-likeness (QED) is 0.754. The topological polar surface area (TPSA) is 99.2 Å². The zero-order valence-corrected chi connectivity index (χ0v) is 11.8. The van der Waals surface area contributed by atoms with Gasteiger partial charge in [0.15, 0.2) is 0 Å². The number of hydrogen-bond acceptors (Lipinski definition) is 5. The van der Waals surface area contributed by atoms with Crippen LogP contribution in [-0.4, -0.2) is 31.6 Å². The molecule has 0 spiro atoms. The Morgan fingerprint density at radius 3 is 2.85 bits per heavy atom. The molecule has 8 heteroatoms. The van der Waals surface area contributed by atoms with E-state index in [4.69, 9.17) is 10.5 Å². The molecule has 0 saturated carbocycles. The van der Waals surface area contributed by atoms with Crippen molar-refractivity contribution in [3.05, 3.63) is 36.9 Å². The Hall–Kier alpha value is -2.06. The molecule has 0 saturated heterocycles. The van der Waals surface area contributed by atoms with Gasteiger partial charge in [0.2, 0.25) is 10.0 Å². The standard InChI is InChI=1S/C12H16N4O3S/c1-19-12-3-2-10(8-11(12)13)20(17,18)15-5-7-16-6-4-14-9-16/h2-4,6,8-9,15H,5,7,13H2,1H3. The minimum Gasteiger partial charge on any atom is -0.495 e. The number of nitrogens with zero attached hydrogens (tertiary/aromatic N) is 2. The first-order chi connectivity index (χ1) is 9.53. The van der Waals surface area contributed by atoms with E-state index < -0.39 is 10.0 Å². The van der Waals surface area contributed by atoms with E-state index in [0.717, 1.165) is 0 Å². The predicted molar refractivity (Wildman–Crippen MR) is 74.8 cm³/mol. The summed E-state index contributed by atoms with van der Waals surface area (Å²) in [6.07, 6.45) is 5.03. The molecule has 20 heavy (non-hydrogen) atoms. The molecule has 0 atom stereocenters. The molecule has 108 valence electrons. The van der Waals surface area contributed by atoms with Crippen molar-refractivity contribution >= 4 is 15.7 Å². The van der Waals surface area contributed by atoms with Crippen molar-refractivity contribution in [1.29, 1.82) is 0 Å². The van der Waals surface area contributed by atoms with Gasteiger partial charge >= 0.3 is 0 Å². The minimum atomic E-state index is -3.58. The second kappa shape index (κ2) is 5.93. The van der Waals surface area contributed by atoms with E-state index in [1.165, 1.54) is 25.3 Å². The Kier molecular flexibility index (Phi) is 4.26. The van der Waals surface area contributed by atoms with Crippen LogP contribution in [0.15, 0.2) is 41.8 Å². The number of imidazole rings is 1. The number of ether oxygens (including phenoxy) is 1. The first-order valence-corrected chi connectivity index (χ1v) is 7.40. The molecule has 3 N–H and O–H groups in total. The molecule has 1 aromatic carbocycles. The maximum Gasteiger partial charge on any atom is 0.240 e. The fourth-order valence-corrected chi connectivity index (χ4v) is 2.75. The molecule has 2 rings (SSSR count). The van der Waals surface area contributed by atoms with E-state index >= 15 is 0 Å². The van der Waals surface area contributed by atoms with Gasteiger partial charge in [-0.2, -0.15) is 0 Å². The zero-order chi connectivity index (χ0) is 14.6. The lowest BCUT2D eigenvalue weighted by Crippen LogP contribution is -2.27. The number of nitrogens with one attached hydrogen (secondary N) is 1. The molecule has 0 bridgehead atoms. The summed E-state index contributed by atoms with van der Waals surface area (Å²) in [5, 5.41) is 0. The molecule has 1 aromatic heterocycles. The molecule has 0 aliphatic carbocycles. The van der Waals surface area contributed by atoms with Gasteiger partial charge in [-0.05, 0) is 18.2 Å². The van der Waals surface area contributed by atoms with Gasteiger partial charge < -0.3 is 15.0 Å². The summed E-state index contributed by atoms with van der Waals surface area (Å²) in [4.78, 5) is 3.99. The summed E-state index contributed by atoms with van der Waals surface area (Å²) in [5.41, 5.74) is 5.99. The van der Waals surface area contributed by atoms with E-state index in [9.17, 15) is 8.42 Å². The number of sulfonamides is 1. The fourth-order valence-electron chi connectivity index (χ4n) is 1.69. The predicted octanol–water partition coefficient (Wildman–Crippen LogP) is 0.452. The van der Waals surface area contributed by atoms with Crippen LogP contribution in [0.1, 0.15) is 0 Å². The van der Waals surface area contributed by atoms with Gasteiger partial charge in [-0.15, -0.1) is 0 Å². The largest absolute Gasteiger partial charge is 0.495 e. The number of rotatable bonds is 6. The van der Waals surface area contributed by atoms with E-state index in [-0.39, 0.29) is 17.1 Å². The van der Waals surface area contributed by atoms with Gasteiger partial charge in [-0.25, -0.2) is 18.1 Å². The summed E-state index contributed by atoms with van der Waals surface area (Å²) >= 11 is 0. The summed E-state index contributed by atoms with van der Waals surface area (Å²) < 4.78 is 33.4. The van der Waals surface area contributed by atoms with Crippen molar-refractivity contribution in [3.8, 4) is 5.75 Å². The number of nitrogens with two attached hydrogens (primary N) is 1. The second-order valence-corrected chi connectivity index (χ2v) is 5.87. The number of anilines is 1. The van der Waals surface area contributed by atoms with Gasteiger partial charge in [0.1, 0.15) is 5.75 Å². The summed E-state index contributed by atoms with van der Waals surface area (Å²) in [5.74, 6) is 0.447. The van der Waals surface area contributed by atoms with Crippen LogP contribution in [0.3, 0.4) is 0 Å². The van der Waals surface area contributed by atoms with Crippen molar-refractivity contribution in [2.45, 2.75) is 11.4 Å². The first-order valence-electron chi connectivity index (χ1n) is 5.92. The summed E-state index contributed by atoms with van der Waals surface area (Å²) in [7, 11) is -2.10. The van der Waals surface area contributed by atoms with Crippen LogP contribution in [-0.2, 0) is 16.6 Å². The van der Waals surface area contributed by atoms with Gasteiger partial charge in [-0.3, -0.25) is 0 Å². The number of aromatic nitrogens is 2. The highest BCUT2D eigenvalue weighted by Gasteiger charge is 2.15. The number of benzene rings is 1. The van der Waals surface area contributed by atoms with Crippen LogP contribution in [0.2, 0.25) is 0 Å². The van der Waals surface area contributed by atoms with Gasteiger partial charge in [0.05, 0.1) is 24.0 Å². The normalized spacial score (nSPS) is 11.4. The smallest absolute Gasteiger partial charge is 0.240 e. The van der Waals surface area contributed by atoms with E-state index in [0.29, 0.717) is 12.3 Å². The van der Waals surface area contributed by atoms with E-state index in [1.54, 1.807) is 23.3 Å². The molecule has 0 fully saturated rings. The molecule has 1 heterocycles. The SMILES string of the molecule is COc1ccc(S(=O)(=O)NCCn2ccnc2)cc1N. The Balaban J connectivity index is 2.04. The van der Waals surface area contributed by atoms with Crippen molar-refractivity contribution in [2.75, 3.05) is 19.4 Å². The molecule has 2 aromatic rings. The number of methoxy groups -OCH3 is 1. The Bertz CT molecular complexity index is 668. The fraction of sp³-hybridized carbons (Fsp3) is 0.250. The lowest BCUT2D eigenvalue weighted by atomic mass is 10.3. The van der Waals surface area contributed by atoms with E-state index in [1.807, 2.05) is 0 Å². The monoisotopic (exact) mass is 296 g/mol. The van der Waals surface area contributed by atoms with Gasteiger partial charge in [-0.1, -0.05) is 0 Å². The Morgan fingerprint density at radius 2 is 2.25 bits per heavy atom. The first kappa shape index (κ1) is 14.4. The average Bonchev–Trinajstić information content (AvgIpc) is 2.91. The van der Waals surface area contributed by atoms with Gasteiger partial charge in [0.25, 0.3) is 0 Å². The summed E-state index contributed by atoms with van der Waals surface area (Å²) in [6.45, 7) is 0.773. The van der Waals surface area contributed by atoms with Crippen molar-refractivity contribution in [3.63, 3.8) is 0 Å². The average molecular weight is 296 g/mol. The Morgan fingerprint density at radius 1 is 1.45 bits per heavy atom. The zero-order valence-electron chi connectivity index (χ0n) is 11.0. The molecule has 7 nitrogen and oxygen atoms in total. The highest BCUT2D eigenvalue weighted by atomic mass is 32.2. The van der Waals surface area contributed by atoms with Crippen molar-refractivity contribution < 1.29 is 13.2 Å². The molecule has 0 aliphatic rings. The molecule has 0 amide bonds. The minimum absolute atomic E-state index is 0.112. The highest BCUT2D eigenvalue weighted by molar-refractivity contribution is 7.89. The summed E-state index contributed by atoms with van der Waals surface area (Å²) in [6, 6.07) is 4.35. The molecule has 0 unspecified atom stereocenters. The van der Waals surface area contributed by atoms with Crippen molar-refractivity contribution in [2.24, 2.45) is 0 Å². The second-order valence-electron chi connectivity index (χ2n) is 4.10. The number of hydrogen-bond donors (Lipinski definition) is 2. The lowest BCUT2D eigenvalue weighted by Gasteiger charge is -2.09. The molecule has 0 aliphatic heterocycles.